The summed E-state index contributed by atoms with van der Waals surface area (Å²) < 4.78 is 1.62. The van der Waals surface area contributed by atoms with Crippen molar-refractivity contribution in [3.63, 3.8) is 0 Å². The molecule has 0 aliphatic rings. The Morgan fingerprint density at radius 2 is 2.42 bits per heavy atom. The zero-order chi connectivity index (χ0) is 8.55. The van der Waals surface area contributed by atoms with Gasteiger partial charge in [-0.3, -0.25) is 0 Å². The molecule has 2 N–H and O–H groups in total. The molecule has 0 saturated heterocycles. The molecule has 0 aromatic carbocycles. The Morgan fingerprint density at radius 1 is 1.58 bits per heavy atom. The van der Waals surface area contributed by atoms with Crippen LogP contribution in [0.4, 0.5) is 5.69 Å². The molecule has 0 spiro atoms. The van der Waals surface area contributed by atoms with E-state index in [9.17, 15) is 0 Å². The highest BCUT2D eigenvalue weighted by Gasteiger charge is 2.01. The lowest BCUT2D eigenvalue weighted by Crippen LogP contribution is -1.89. The Balaban J connectivity index is 2.86. The summed E-state index contributed by atoms with van der Waals surface area (Å²) in [6.45, 7) is 0. The maximum Gasteiger partial charge on any atom is 0.103 e. The minimum absolute atomic E-state index is 0.544. The SMILES string of the molecule is N#Cc1cnn2ccc(N)cc12. The summed E-state index contributed by atoms with van der Waals surface area (Å²) in [5, 5.41) is 12.6. The predicted octanol–water partition coefficient (Wildman–Crippen LogP) is 0.788. The van der Waals surface area contributed by atoms with Crippen molar-refractivity contribution in [2.24, 2.45) is 0 Å². The van der Waals surface area contributed by atoms with Crippen LogP contribution in [0.25, 0.3) is 5.52 Å². The normalized spacial score (nSPS) is 9.92. The Kier molecular flexibility index (Phi) is 1.25. The number of aromatic nitrogens is 2. The van der Waals surface area contributed by atoms with Gasteiger partial charge in [-0.05, 0) is 12.1 Å². The average Bonchev–Trinajstić information content (AvgIpc) is 2.46. The zero-order valence-corrected chi connectivity index (χ0v) is 6.23. The van der Waals surface area contributed by atoms with Gasteiger partial charge in [-0.15, -0.1) is 0 Å². The fraction of sp³-hybridized carbons (Fsp3) is 0. The van der Waals surface area contributed by atoms with Crippen LogP contribution in [0.3, 0.4) is 0 Å². The fourth-order valence-electron chi connectivity index (χ4n) is 1.08. The first kappa shape index (κ1) is 6.68. The third kappa shape index (κ3) is 0.805. The maximum atomic E-state index is 8.67. The van der Waals surface area contributed by atoms with Crippen LogP contribution in [-0.4, -0.2) is 9.61 Å². The van der Waals surface area contributed by atoms with Crippen molar-refractivity contribution < 1.29 is 0 Å². The first-order chi connectivity index (χ1) is 5.81. The number of fused-ring (bicyclic) bond motifs is 1. The summed E-state index contributed by atoms with van der Waals surface area (Å²) in [4.78, 5) is 0. The number of nitrogen functional groups attached to an aromatic ring is 1. The molecule has 0 radical (unpaired) electrons. The van der Waals surface area contributed by atoms with E-state index in [2.05, 4.69) is 5.10 Å². The van der Waals surface area contributed by atoms with E-state index in [4.69, 9.17) is 11.0 Å². The van der Waals surface area contributed by atoms with E-state index in [1.807, 2.05) is 6.07 Å². The number of nitriles is 1. The summed E-state index contributed by atoms with van der Waals surface area (Å²) in [5.41, 5.74) is 7.49. The van der Waals surface area contributed by atoms with Gasteiger partial charge in [0.1, 0.15) is 6.07 Å². The Morgan fingerprint density at radius 3 is 3.17 bits per heavy atom. The van der Waals surface area contributed by atoms with Crippen LogP contribution >= 0.6 is 0 Å². The van der Waals surface area contributed by atoms with Gasteiger partial charge in [0, 0.05) is 11.9 Å². The first-order valence-corrected chi connectivity index (χ1v) is 3.44. The van der Waals surface area contributed by atoms with Gasteiger partial charge in [-0.2, -0.15) is 10.4 Å². The maximum absolute atomic E-state index is 8.67. The van der Waals surface area contributed by atoms with Crippen LogP contribution in [0.5, 0.6) is 0 Å². The molecule has 58 valence electrons. The van der Waals surface area contributed by atoms with Crippen molar-refractivity contribution in [1.29, 1.82) is 5.26 Å². The second kappa shape index (κ2) is 2.24. The summed E-state index contributed by atoms with van der Waals surface area (Å²) in [5.74, 6) is 0. The van der Waals surface area contributed by atoms with Gasteiger partial charge in [-0.1, -0.05) is 0 Å². The number of nitrogens with zero attached hydrogens (tertiary/aromatic N) is 3. The van der Waals surface area contributed by atoms with Gasteiger partial charge in [0.05, 0.1) is 17.3 Å². The Bertz CT molecular complexity index is 463. The second-order valence-corrected chi connectivity index (χ2v) is 2.46. The number of nitrogens with two attached hydrogens (primary N) is 1. The monoisotopic (exact) mass is 158 g/mol. The molecule has 4 heteroatoms. The van der Waals surface area contributed by atoms with E-state index in [0.29, 0.717) is 11.3 Å². The molecule has 12 heavy (non-hydrogen) atoms. The molecule has 0 aliphatic heterocycles. The molecule has 0 atom stereocenters. The van der Waals surface area contributed by atoms with Gasteiger partial charge in [0.25, 0.3) is 0 Å². The predicted molar refractivity (Wildman–Crippen MR) is 44.3 cm³/mol. The lowest BCUT2D eigenvalue weighted by molar-refractivity contribution is 0.962. The summed E-state index contributed by atoms with van der Waals surface area (Å²) in [6, 6.07) is 5.50. The highest BCUT2D eigenvalue weighted by atomic mass is 15.2. The standard InChI is InChI=1S/C8H6N4/c9-4-6-5-11-12-2-1-7(10)3-8(6)12/h1-3,5H,10H2. The molecular weight excluding hydrogens is 152 g/mol. The van der Waals surface area contributed by atoms with E-state index < -0.39 is 0 Å². The van der Waals surface area contributed by atoms with E-state index in [1.54, 1.807) is 22.8 Å². The molecular formula is C8H6N4. The highest BCUT2D eigenvalue weighted by Crippen LogP contribution is 2.12. The minimum atomic E-state index is 0.544. The zero-order valence-electron chi connectivity index (χ0n) is 6.23. The Hall–Kier alpha value is -2.02. The average molecular weight is 158 g/mol. The van der Waals surface area contributed by atoms with Crippen molar-refractivity contribution in [1.82, 2.24) is 9.61 Å². The van der Waals surface area contributed by atoms with Crippen LogP contribution < -0.4 is 5.73 Å². The molecule has 2 aromatic rings. The number of anilines is 1. The third-order valence-corrected chi connectivity index (χ3v) is 1.67. The second-order valence-electron chi connectivity index (χ2n) is 2.46. The molecule has 0 aliphatic carbocycles. The lowest BCUT2D eigenvalue weighted by atomic mass is 10.3. The molecule has 2 heterocycles. The highest BCUT2D eigenvalue weighted by molar-refractivity contribution is 5.64. The molecule has 0 amide bonds. The summed E-state index contributed by atoms with van der Waals surface area (Å²) in [7, 11) is 0. The molecule has 2 rings (SSSR count). The molecule has 0 saturated carbocycles. The third-order valence-electron chi connectivity index (χ3n) is 1.67. The quantitative estimate of drug-likeness (QED) is 0.616. The van der Waals surface area contributed by atoms with Gasteiger partial charge in [0.15, 0.2) is 0 Å². The van der Waals surface area contributed by atoms with E-state index in [-0.39, 0.29) is 0 Å². The van der Waals surface area contributed by atoms with Crippen molar-refractivity contribution >= 4 is 11.2 Å². The molecule has 0 fully saturated rings. The molecule has 4 nitrogen and oxygen atoms in total. The van der Waals surface area contributed by atoms with E-state index >= 15 is 0 Å². The van der Waals surface area contributed by atoms with Gasteiger partial charge in [-0.25, -0.2) is 4.52 Å². The minimum Gasteiger partial charge on any atom is -0.399 e. The summed E-state index contributed by atoms with van der Waals surface area (Å²) in [6.07, 6.45) is 3.25. The molecule has 0 bridgehead atoms. The summed E-state index contributed by atoms with van der Waals surface area (Å²) >= 11 is 0. The van der Waals surface area contributed by atoms with E-state index in [1.165, 1.54) is 6.20 Å². The van der Waals surface area contributed by atoms with Crippen LogP contribution in [-0.2, 0) is 0 Å². The van der Waals surface area contributed by atoms with Crippen LogP contribution in [0.1, 0.15) is 5.56 Å². The van der Waals surface area contributed by atoms with Crippen LogP contribution in [0, 0.1) is 11.3 Å². The number of rotatable bonds is 0. The molecule has 2 aromatic heterocycles. The number of hydrogen-bond donors (Lipinski definition) is 1. The Labute approximate surface area is 68.8 Å². The number of hydrogen-bond acceptors (Lipinski definition) is 3. The van der Waals surface area contributed by atoms with Crippen molar-refractivity contribution in [2.75, 3.05) is 5.73 Å². The largest absolute Gasteiger partial charge is 0.399 e. The van der Waals surface area contributed by atoms with Crippen molar-refractivity contribution in [2.45, 2.75) is 0 Å². The van der Waals surface area contributed by atoms with Gasteiger partial charge >= 0.3 is 0 Å². The smallest absolute Gasteiger partial charge is 0.103 e. The van der Waals surface area contributed by atoms with Gasteiger partial charge in [0.2, 0.25) is 0 Å². The van der Waals surface area contributed by atoms with Crippen molar-refractivity contribution in [3.8, 4) is 6.07 Å². The fourth-order valence-corrected chi connectivity index (χ4v) is 1.08. The number of pyridine rings is 1. The van der Waals surface area contributed by atoms with Crippen molar-refractivity contribution in [3.05, 3.63) is 30.1 Å². The molecule has 0 unspecified atom stereocenters. The lowest BCUT2D eigenvalue weighted by Gasteiger charge is -1.93. The van der Waals surface area contributed by atoms with Crippen LogP contribution in [0.15, 0.2) is 24.5 Å². The first-order valence-electron chi connectivity index (χ1n) is 3.44. The topological polar surface area (TPSA) is 67.1 Å². The van der Waals surface area contributed by atoms with Gasteiger partial charge < -0.3 is 5.73 Å². The van der Waals surface area contributed by atoms with E-state index in [0.717, 1.165) is 5.52 Å². The van der Waals surface area contributed by atoms with Crippen LogP contribution in [0.2, 0.25) is 0 Å².